The number of ether oxygens (including phenoxy) is 1. The highest BCUT2D eigenvalue weighted by molar-refractivity contribution is 5.84. The van der Waals surface area contributed by atoms with E-state index >= 15 is 0 Å². The van der Waals surface area contributed by atoms with E-state index in [0.29, 0.717) is 13.2 Å². The van der Waals surface area contributed by atoms with E-state index in [1.165, 1.54) is 5.56 Å². The molecule has 0 saturated heterocycles. The van der Waals surface area contributed by atoms with Crippen LogP contribution in [0, 0.1) is 0 Å². The van der Waals surface area contributed by atoms with Crippen LogP contribution in [0.4, 0.5) is 5.69 Å². The third kappa shape index (κ3) is 4.75. The molecule has 1 aromatic rings. The van der Waals surface area contributed by atoms with Crippen LogP contribution in [0.5, 0.6) is 0 Å². The van der Waals surface area contributed by atoms with Crippen molar-refractivity contribution in [3.8, 4) is 0 Å². The normalized spacial score (nSPS) is 11.9. The van der Waals surface area contributed by atoms with Crippen molar-refractivity contribution in [2.45, 2.75) is 26.3 Å². The second-order valence-corrected chi connectivity index (χ2v) is 4.20. The van der Waals surface area contributed by atoms with Crippen molar-refractivity contribution in [2.24, 2.45) is 0 Å². The van der Waals surface area contributed by atoms with Crippen LogP contribution in [0.2, 0.25) is 0 Å². The minimum Gasteiger partial charge on any atom is -0.383 e. The minimum atomic E-state index is -0.255. The van der Waals surface area contributed by atoms with Crippen LogP contribution in [0.25, 0.3) is 0 Å². The van der Waals surface area contributed by atoms with Gasteiger partial charge in [0, 0.05) is 19.3 Å². The third-order valence-corrected chi connectivity index (χ3v) is 2.74. The highest BCUT2D eigenvalue weighted by atomic mass is 16.5. The molecule has 0 heterocycles. The van der Waals surface area contributed by atoms with Crippen molar-refractivity contribution in [3.05, 3.63) is 29.8 Å². The van der Waals surface area contributed by atoms with Gasteiger partial charge < -0.3 is 15.4 Å². The van der Waals surface area contributed by atoms with Crippen molar-refractivity contribution in [1.29, 1.82) is 0 Å². The van der Waals surface area contributed by atoms with Crippen LogP contribution in [0.15, 0.2) is 24.3 Å². The van der Waals surface area contributed by atoms with E-state index in [0.717, 1.165) is 12.1 Å². The number of aryl methyl sites for hydroxylation is 1. The maximum absolute atomic E-state index is 11.7. The van der Waals surface area contributed by atoms with Gasteiger partial charge in [-0.3, -0.25) is 4.79 Å². The monoisotopic (exact) mass is 250 g/mol. The van der Waals surface area contributed by atoms with E-state index in [1.54, 1.807) is 7.11 Å². The van der Waals surface area contributed by atoms with Gasteiger partial charge in [0.25, 0.3) is 0 Å². The Bertz CT molecular complexity index is 363. The zero-order valence-electron chi connectivity index (χ0n) is 11.3. The zero-order chi connectivity index (χ0) is 13.4. The Morgan fingerprint density at radius 2 is 2.00 bits per heavy atom. The number of benzene rings is 1. The largest absolute Gasteiger partial charge is 0.383 e. The highest BCUT2D eigenvalue weighted by Gasteiger charge is 2.11. The van der Waals surface area contributed by atoms with E-state index in [2.05, 4.69) is 29.7 Å². The molecule has 18 heavy (non-hydrogen) atoms. The number of nitrogens with one attached hydrogen (secondary N) is 2. The third-order valence-electron chi connectivity index (χ3n) is 2.74. The number of anilines is 1. The van der Waals surface area contributed by atoms with Crippen molar-refractivity contribution in [3.63, 3.8) is 0 Å². The van der Waals surface area contributed by atoms with Gasteiger partial charge in [0.15, 0.2) is 0 Å². The molecule has 1 aromatic carbocycles. The molecule has 100 valence electrons. The van der Waals surface area contributed by atoms with E-state index < -0.39 is 0 Å². The minimum absolute atomic E-state index is 0.0216. The van der Waals surface area contributed by atoms with Crippen LogP contribution in [-0.4, -0.2) is 32.2 Å². The molecule has 0 aliphatic carbocycles. The molecule has 1 amide bonds. The SMILES string of the molecule is CCc1ccc(NC(C)C(=O)NCCOC)cc1. The summed E-state index contributed by atoms with van der Waals surface area (Å²) in [5.41, 5.74) is 2.25. The van der Waals surface area contributed by atoms with Gasteiger partial charge in [-0.2, -0.15) is 0 Å². The van der Waals surface area contributed by atoms with Gasteiger partial charge in [0.05, 0.1) is 6.61 Å². The summed E-state index contributed by atoms with van der Waals surface area (Å²) in [5, 5.41) is 5.97. The Balaban J connectivity index is 2.42. The fourth-order valence-corrected chi connectivity index (χ4v) is 1.58. The number of amides is 1. The molecule has 4 heteroatoms. The number of hydrogen-bond donors (Lipinski definition) is 2. The van der Waals surface area contributed by atoms with Crippen LogP contribution < -0.4 is 10.6 Å². The molecule has 4 nitrogen and oxygen atoms in total. The first-order chi connectivity index (χ1) is 8.67. The summed E-state index contributed by atoms with van der Waals surface area (Å²) in [4.78, 5) is 11.7. The van der Waals surface area contributed by atoms with Crippen molar-refractivity contribution in [2.75, 3.05) is 25.6 Å². The number of hydrogen-bond acceptors (Lipinski definition) is 3. The Morgan fingerprint density at radius 3 is 2.56 bits per heavy atom. The van der Waals surface area contributed by atoms with E-state index in [-0.39, 0.29) is 11.9 Å². The summed E-state index contributed by atoms with van der Waals surface area (Å²) in [7, 11) is 1.61. The first kappa shape index (κ1) is 14.5. The molecule has 0 bridgehead atoms. The summed E-state index contributed by atoms with van der Waals surface area (Å²) < 4.78 is 4.88. The predicted molar refractivity (Wildman–Crippen MR) is 73.8 cm³/mol. The lowest BCUT2D eigenvalue weighted by molar-refractivity contribution is -0.121. The molecule has 0 fully saturated rings. The lowest BCUT2D eigenvalue weighted by Gasteiger charge is -2.15. The van der Waals surface area contributed by atoms with Gasteiger partial charge >= 0.3 is 0 Å². The van der Waals surface area contributed by atoms with Gasteiger partial charge in [-0.1, -0.05) is 19.1 Å². The first-order valence-electron chi connectivity index (χ1n) is 6.29. The summed E-state index contributed by atoms with van der Waals surface area (Å²) in [6, 6.07) is 7.88. The van der Waals surface area contributed by atoms with Gasteiger partial charge in [-0.15, -0.1) is 0 Å². The second-order valence-electron chi connectivity index (χ2n) is 4.20. The molecule has 1 rings (SSSR count). The standard InChI is InChI=1S/C14H22N2O2/c1-4-12-5-7-13(8-6-12)16-11(2)14(17)15-9-10-18-3/h5-8,11,16H,4,9-10H2,1-3H3,(H,15,17). The summed E-state index contributed by atoms with van der Waals surface area (Å²) in [6.07, 6.45) is 1.02. The van der Waals surface area contributed by atoms with Gasteiger partial charge in [-0.05, 0) is 31.0 Å². The smallest absolute Gasteiger partial charge is 0.242 e. The van der Waals surface area contributed by atoms with Gasteiger partial charge in [-0.25, -0.2) is 0 Å². The van der Waals surface area contributed by atoms with E-state index in [1.807, 2.05) is 19.1 Å². The molecule has 0 aromatic heterocycles. The Kier molecular flexibility index (Phi) is 6.22. The summed E-state index contributed by atoms with van der Waals surface area (Å²) >= 11 is 0. The Labute approximate surface area is 109 Å². The van der Waals surface area contributed by atoms with Crippen LogP contribution in [-0.2, 0) is 16.0 Å². The number of rotatable bonds is 7. The molecule has 0 aliphatic rings. The van der Waals surface area contributed by atoms with Crippen molar-refractivity contribution < 1.29 is 9.53 Å². The van der Waals surface area contributed by atoms with Crippen LogP contribution in [0.3, 0.4) is 0 Å². The average Bonchev–Trinajstić information content (AvgIpc) is 2.39. The molecule has 0 spiro atoms. The molecule has 0 radical (unpaired) electrons. The topological polar surface area (TPSA) is 50.4 Å². The van der Waals surface area contributed by atoms with Crippen molar-refractivity contribution in [1.82, 2.24) is 5.32 Å². The maximum atomic E-state index is 11.7. The lowest BCUT2D eigenvalue weighted by Crippen LogP contribution is -2.39. The number of methoxy groups -OCH3 is 1. The molecule has 2 N–H and O–H groups in total. The Hall–Kier alpha value is -1.55. The molecule has 0 saturated carbocycles. The Morgan fingerprint density at radius 1 is 1.33 bits per heavy atom. The molecule has 1 atom stereocenters. The lowest BCUT2D eigenvalue weighted by atomic mass is 10.1. The average molecular weight is 250 g/mol. The number of carbonyl (C=O) groups excluding carboxylic acids is 1. The predicted octanol–water partition coefficient (Wildman–Crippen LogP) is 1.81. The molecule has 1 unspecified atom stereocenters. The van der Waals surface area contributed by atoms with E-state index in [4.69, 9.17) is 4.74 Å². The van der Waals surface area contributed by atoms with Crippen molar-refractivity contribution >= 4 is 11.6 Å². The summed E-state index contributed by atoms with van der Waals surface area (Å²) in [6.45, 7) is 5.03. The fraction of sp³-hybridized carbons (Fsp3) is 0.500. The molecule has 0 aliphatic heterocycles. The fourth-order valence-electron chi connectivity index (χ4n) is 1.58. The zero-order valence-corrected chi connectivity index (χ0v) is 11.3. The highest BCUT2D eigenvalue weighted by Crippen LogP contribution is 2.11. The van der Waals surface area contributed by atoms with Crippen LogP contribution in [0.1, 0.15) is 19.4 Å². The first-order valence-corrected chi connectivity index (χ1v) is 6.29. The van der Waals surface area contributed by atoms with Gasteiger partial charge in [0.1, 0.15) is 6.04 Å². The number of carbonyl (C=O) groups is 1. The summed E-state index contributed by atoms with van der Waals surface area (Å²) in [5.74, 6) is -0.0216. The van der Waals surface area contributed by atoms with Gasteiger partial charge in [0.2, 0.25) is 5.91 Å². The quantitative estimate of drug-likeness (QED) is 0.726. The molecular formula is C14H22N2O2. The molecular weight excluding hydrogens is 228 g/mol. The maximum Gasteiger partial charge on any atom is 0.242 e. The van der Waals surface area contributed by atoms with E-state index in [9.17, 15) is 4.79 Å². The second kappa shape index (κ2) is 7.71. The van der Waals surface area contributed by atoms with Crippen LogP contribution >= 0.6 is 0 Å².